The number of hydrogen-bond donors (Lipinski definition) is 2. The number of carbonyl (C=O) groups excluding carboxylic acids is 1. The van der Waals surface area contributed by atoms with Crippen LogP contribution in [0.2, 0.25) is 0 Å². The third-order valence-corrected chi connectivity index (χ3v) is 2.97. The molecule has 20 heavy (non-hydrogen) atoms. The minimum Gasteiger partial charge on any atom is -0.469 e. The van der Waals surface area contributed by atoms with Crippen LogP contribution in [0.1, 0.15) is 16.1 Å². The molecule has 0 spiro atoms. The fourth-order valence-corrected chi connectivity index (χ4v) is 1.88. The number of hydrogen-bond acceptors (Lipinski definition) is 4. The Labute approximate surface area is 118 Å². The van der Waals surface area contributed by atoms with Crippen LogP contribution in [-0.4, -0.2) is 31.4 Å². The zero-order chi connectivity index (χ0) is 14.5. The van der Waals surface area contributed by atoms with Crippen molar-refractivity contribution in [2.24, 2.45) is 0 Å². The van der Waals surface area contributed by atoms with Gasteiger partial charge in [-0.2, -0.15) is 0 Å². The predicted octanol–water partition coefficient (Wildman–Crippen LogP) is 2.22. The van der Waals surface area contributed by atoms with Crippen LogP contribution in [0.5, 0.6) is 0 Å². The van der Waals surface area contributed by atoms with Gasteiger partial charge in [0.25, 0.3) is 5.91 Å². The van der Waals surface area contributed by atoms with Crippen molar-refractivity contribution in [1.82, 2.24) is 4.90 Å². The lowest BCUT2D eigenvalue weighted by Gasteiger charge is -2.13. The number of amides is 1. The van der Waals surface area contributed by atoms with E-state index in [2.05, 4.69) is 5.32 Å². The smallest absolute Gasteiger partial charge is 0.253 e. The lowest BCUT2D eigenvalue weighted by atomic mass is 10.1. The maximum absolute atomic E-state index is 11.9. The Hall–Kier alpha value is -2.43. The second-order valence-corrected chi connectivity index (χ2v) is 4.76. The van der Waals surface area contributed by atoms with Crippen LogP contribution in [0, 0.1) is 0 Å². The van der Waals surface area contributed by atoms with E-state index in [9.17, 15) is 4.79 Å². The van der Waals surface area contributed by atoms with Crippen LogP contribution in [-0.2, 0) is 6.42 Å². The Morgan fingerprint density at radius 3 is 2.80 bits per heavy atom. The van der Waals surface area contributed by atoms with E-state index in [4.69, 9.17) is 10.2 Å². The van der Waals surface area contributed by atoms with Gasteiger partial charge in [-0.3, -0.25) is 4.79 Å². The van der Waals surface area contributed by atoms with Crippen molar-refractivity contribution in [2.45, 2.75) is 6.42 Å². The monoisotopic (exact) mass is 273 g/mol. The summed E-state index contributed by atoms with van der Waals surface area (Å²) < 4.78 is 5.26. The van der Waals surface area contributed by atoms with Crippen molar-refractivity contribution < 1.29 is 9.21 Å². The highest BCUT2D eigenvalue weighted by Gasteiger charge is 2.10. The Bertz CT molecular complexity index is 577. The lowest BCUT2D eigenvalue weighted by molar-refractivity contribution is 0.0827. The van der Waals surface area contributed by atoms with Gasteiger partial charge in [-0.25, -0.2) is 0 Å². The van der Waals surface area contributed by atoms with Crippen molar-refractivity contribution in [3.63, 3.8) is 0 Å². The van der Waals surface area contributed by atoms with Crippen molar-refractivity contribution >= 4 is 17.3 Å². The Balaban J connectivity index is 2.03. The lowest BCUT2D eigenvalue weighted by Crippen LogP contribution is -2.22. The molecule has 5 heteroatoms. The van der Waals surface area contributed by atoms with E-state index in [1.807, 2.05) is 12.1 Å². The Morgan fingerprint density at radius 1 is 1.35 bits per heavy atom. The fraction of sp³-hybridized carbons (Fsp3) is 0.267. The molecule has 2 rings (SSSR count). The molecule has 106 valence electrons. The molecule has 0 aliphatic rings. The number of carbonyl (C=O) groups is 1. The van der Waals surface area contributed by atoms with Gasteiger partial charge in [0.05, 0.1) is 17.6 Å². The summed E-state index contributed by atoms with van der Waals surface area (Å²) in [6.07, 6.45) is 2.42. The van der Waals surface area contributed by atoms with Gasteiger partial charge in [0.15, 0.2) is 0 Å². The molecular weight excluding hydrogens is 254 g/mol. The van der Waals surface area contributed by atoms with E-state index in [0.29, 0.717) is 17.8 Å². The van der Waals surface area contributed by atoms with Gasteiger partial charge in [0.2, 0.25) is 0 Å². The van der Waals surface area contributed by atoms with Crippen molar-refractivity contribution in [2.75, 3.05) is 31.7 Å². The Kier molecular flexibility index (Phi) is 4.30. The second kappa shape index (κ2) is 6.14. The van der Waals surface area contributed by atoms with Crippen molar-refractivity contribution in [1.29, 1.82) is 0 Å². The van der Waals surface area contributed by atoms with Gasteiger partial charge in [-0.15, -0.1) is 0 Å². The van der Waals surface area contributed by atoms with Gasteiger partial charge >= 0.3 is 0 Å². The number of nitrogens with two attached hydrogens (primary N) is 1. The molecule has 0 atom stereocenters. The standard InChI is InChI=1S/C15H19N3O2/c1-18(2)15(19)11-5-6-13(16)14(10-11)17-8-7-12-4-3-9-20-12/h3-6,9-10,17H,7-8,16H2,1-2H3. The first-order chi connectivity index (χ1) is 9.58. The van der Waals surface area contributed by atoms with E-state index >= 15 is 0 Å². The van der Waals surface area contributed by atoms with Crippen LogP contribution >= 0.6 is 0 Å². The number of anilines is 2. The number of furan rings is 1. The molecule has 0 saturated carbocycles. The number of nitrogen functional groups attached to an aromatic ring is 1. The summed E-state index contributed by atoms with van der Waals surface area (Å²) in [5, 5.41) is 3.23. The molecule has 0 aliphatic carbocycles. The van der Waals surface area contributed by atoms with Gasteiger partial charge < -0.3 is 20.4 Å². The van der Waals surface area contributed by atoms with E-state index in [0.717, 1.165) is 17.9 Å². The first-order valence-corrected chi connectivity index (χ1v) is 6.45. The largest absolute Gasteiger partial charge is 0.469 e. The highest BCUT2D eigenvalue weighted by atomic mass is 16.3. The zero-order valence-corrected chi connectivity index (χ0v) is 11.7. The van der Waals surface area contributed by atoms with Crippen molar-refractivity contribution in [3.05, 3.63) is 47.9 Å². The zero-order valence-electron chi connectivity index (χ0n) is 11.7. The van der Waals surface area contributed by atoms with Gasteiger partial charge in [-0.05, 0) is 30.3 Å². The van der Waals surface area contributed by atoms with E-state index in [-0.39, 0.29) is 5.91 Å². The van der Waals surface area contributed by atoms with Crippen LogP contribution in [0.15, 0.2) is 41.0 Å². The summed E-state index contributed by atoms with van der Waals surface area (Å²) in [5.41, 5.74) is 7.92. The third kappa shape index (κ3) is 3.32. The second-order valence-electron chi connectivity index (χ2n) is 4.76. The number of rotatable bonds is 5. The first kappa shape index (κ1) is 14.0. The summed E-state index contributed by atoms with van der Waals surface area (Å²) in [4.78, 5) is 13.5. The molecule has 0 saturated heterocycles. The number of nitrogens with one attached hydrogen (secondary N) is 1. The Morgan fingerprint density at radius 2 is 2.15 bits per heavy atom. The summed E-state index contributed by atoms with van der Waals surface area (Å²) in [6, 6.07) is 9.04. The fourth-order valence-electron chi connectivity index (χ4n) is 1.88. The third-order valence-electron chi connectivity index (χ3n) is 2.97. The minimum atomic E-state index is -0.0425. The number of nitrogens with zero attached hydrogens (tertiary/aromatic N) is 1. The molecule has 0 fully saturated rings. The molecule has 5 nitrogen and oxygen atoms in total. The molecule has 3 N–H and O–H groups in total. The average molecular weight is 273 g/mol. The molecule has 0 bridgehead atoms. The summed E-state index contributed by atoms with van der Waals surface area (Å²) in [5.74, 6) is 0.871. The molecule has 1 heterocycles. The van der Waals surface area contributed by atoms with Gasteiger partial charge in [0.1, 0.15) is 5.76 Å². The minimum absolute atomic E-state index is 0.0425. The highest BCUT2D eigenvalue weighted by molar-refractivity contribution is 5.95. The van der Waals surface area contributed by atoms with E-state index < -0.39 is 0 Å². The topological polar surface area (TPSA) is 71.5 Å². The van der Waals surface area contributed by atoms with Gasteiger partial charge in [0, 0.05) is 32.6 Å². The van der Waals surface area contributed by atoms with Crippen LogP contribution in [0.3, 0.4) is 0 Å². The molecule has 1 aromatic heterocycles. The average Bonchev–Trinajstić information content (AvgIpc) is 2.93. The molecule has 1 aromatic carbocycles. The van der Waals surface area contributed by atoms with Crippen molar-refractivity contribution in [3.8, 4) is 0 Å². The van der Waals surface area contributed by atoms with Crippen LogP contribution in [0.25, 0.3) is 0 Å². The summed E-state index contributed by atoms with van der Waals surface area (Å²) in [6.45, 7) is 0.692. The van der Waals surface area contributed by atoms with Gasteiger partial charge in [-0.1, -0.05) is 0 Å². The normalized spacial score (nSPS) is 10.3. The van der Waals surface area contributed by atoms with E-state index in [1.54, 1.807) is 38.6 Å². The predicted molar refractivity (Wildman–Crippen MR) is 79.8 cm³/mol. The molecule has 0 radical (unpaired) electrons. The molecule has 2 aromatic rings. The maximum atomic E-state index is 11.9. The number of benzene rings is 1. The molecule has 0 aliphatic heterocycles. The maximum Gasteiger partial charge on any atom is 0.253 e. The highest BCUT2D eigenvalue weighted by Crippen LogP contribution is 2.20. The van der Waals surface area contributed by atoms with Crippen LogP contribution in [0.4, 0.5) is 11.4 Å². The molecule has 0 unspecified atom stereocenters. The summed E-state index contributed by atoms with van der Waals surface area (Å²) >= 11 is 0. The van der Waals surface area contributed by atoms with Crippen LogP contribution < -0.4 is 11.1 Å². The SMILES string of the molecule is CN(C)C(=O)c1ccc(N)c(NCCc2ccco2)c1. The quantitative estimate of drug-likeness (QED) is 0.819. The molecule has 1 amide bonds. The first-order valence-electron chi connectivity index (χ1n) is 6.45. The van der Waals surface area contributed by atoms with E-state index in [1.165, 1.54) is 4.90 Å². The summed E-state index contributed by atoms with van der Waals surface area (Å²) in [7, 11) is 3.45. The molecular formula is C15H19N3O2.